The molecule has 1 nitrogen and oxygen atoms in total. The highest BCUT2D eigenvalue weighted by Gasteiger charge is 2.49. The van der Waals surface area contributed by atoms with Crippen LogP contribution in [0.25, 0.3) is 21.3 Å². The van der Waals surface area contributed by atoms with Crippen molar-refractivity contribution in [2.45, 2.75) is 25.7 Å². The van der Waals surface area contributed by atoms with Crippen LogP contribution < -0.4 is 0 Å². The summed E-state index contributed by atoms with van der Waals surface area (Å²) in [5, 5.41) is 4.74. The monoisotopic (exact) mass is 279 g/mol. The maximum absolute atomic E-state index is 4.69. The molecule has 2 atom stereocenters. The zero-order valence-corrected chi connectivity index (χ0v) is 12.6. The fourth-order valence-corrected chi connectivity index (χ4v) is 4.24. The maximum atomic E-state index is 4.69. The highest BCUT2D eigenvalue weighted by Crippen LogP contribution is 2.57. The first-order chi connectivity index (χ1) is 9.70. The second-order valence-corrected chi connectivity index (χ2v) is 6.98. The van der Waals surface area contributed by atoms with E-state index in [1.165, 1.54) is 27.6 Å². The molecule has 3 aromatic rings. The first-order valence-corrected chi connectivity index (χ1v) is 8.00. The van der Waals surface area contributed by atoms with Gasteiger partial charge in [-0.3, -0.25) is 4.98 Å². The molecule has 2 aromatic heterocycles. The minimum atomic E-state index is 0.355. The summed E-state index contributed by atoms with van der Waals surface area (Å²) in [5.41, 5.74) is 2.99. The molecule has 0 spiro atoms. The van der Waals surface area contributed by atoms with E-state index in [4.69, 9.17) is 0 Å². The molecule has 100 valence electrons. The molecule has 1 aliphatic rings. The van der Waals surface area contributed by atoms with Gasteiger partial charge in [-0.2, -0.15) is 0 Å². The topological polar surface area (TPSA) is 12.9 Å². The van der Waals surface area contributed by atoms with E-state index in [0.717, 1.165) is 11.6 Å². The van der Waals surface area contributed by atoms with Crippen molar-refractivity contribution in [2.24, 2.45) is 5.92 Å². The zero-order valence-electron chi connectivity index (χ0n) is 11.8. The molecule has 0 bridgehead atoms. The summed E-state index contributed by atoms with van der Waals surface area (Å²) in [7, 11) is 0. The van der Waals surface area contributed by atoms with Gasteiger partial charge in [-0.15, -0.1) is 11.3 Å². The number of thiophene rings is 1. The molecule has 0 radical (unpaired) electrons. The van der Waals surface area contributed by atoms with Gasteiger partial charge in [0.1, 0.15) is 0 Å². The van der Waals surface area contributed by atoms with Crippen molar-refractivity contribution in [3.8, 4) is 10.6 Å². The molecule has 0 aliphatic heterocycles. The Balaban J connectivity index is 1.95. The average molecular weight is 279 g/mol. The number of nitrogens with zero attached hydrogens (tertiary/aromatic N) is 1. The van der Waals surface area contributed by atoms with Gasteiger partial charge in [-0.1, -0.05) is 38.1 Å². The van der Waals surface area contributed by atoms with Crippen LogP contribution in [0, 0.1) is 5.92 Å². The molecule has 0 amide bonds. The zero-order chi connectivity index (χ0) is 13.7. The van der Waals surface area contributed by atoms with Gasteiger partial charge in [0.05, 0.1) is 10.6 Å². The lowest BCUT2D eigenvalue weighted by molar-refractivity contribution is 0.706. The number of aromatic nitrogens is 1. The minimum absolute atomic E-state index is 0.355. The van der Waals surface area contributed by atoms with Gasteiger partial charge in [0.25, 0.3) is 0 Å². The molecule has 1 fully saturated rings. The molecule has 1 saturated carbocycles. The lowest BCUT2D eigenvalue weighted by Gasteiger charge is -2.12. The third-order valence-corrected chi connectivity index (χ3v) is 5.75. The Morgan fingerprint density at radius 2 is 2.00 bits per heavy atom. The first kappa shape index (κ1) is 12.1. The van der Waals surface area contributed by atoms with Gasteiger partial charge in [0.2, 0.25) is 0 Å². The summed E-state index contributed by atoms with van der Waals surface area (Å²) in [6, 6.07) is 12.9. The fraction of sp³-hybridized carbons (Fsp3) is 0.278. The van der Waals surface area contributed by atoms with Gasteiger partial charge in [-0.25, -0.2) is 0 Å². The second kappa shape index (κ2) is 4.16. The van der Waals surface area contributed by atoms with Crippen LogP contribution in [0.1, 0.15) is 25.8 Å². The van der Waals surface area contributed by atoms with Gasteiger partial charge in [0.15, 0.2) is 0 Å². The van der Waals surface area contributed by atoms with Crippen LogP contribution in [0.3, 0.4) is 0 Å². The number of fused-ring (bicyclic) bond motifs is 1. The van der Waals surface area contributed by atoms with Crippen molar-refractivity contribution in [1.82, 2.24) is 4.98 Å². The van der Waals surface area contributed by atoms with Crippen LogP contribution in [0.2, 0.25) is 0 Å². The van der Waals surface area contributed by atoms with E-state index >= 15 is 0 Å². The average Bonchev–Trinajstić information content (AvgIpc) is 2.91. The van der Waals surface area contributed by atoms with Gasteiger partial charge in [0, 0.05) is 11.6 Å². The molecular weight excluding hydrogens is 262 g/mol. The molecule has 20 heavy (non-hydrogen) atoms. The van der Waals surface area contributed by atoms with Gasteiger partial charge >= 0.3 is 0 Å². The predicted molar refractivity (Wildman–Crippen MR) is 86.2 cm³/mol. The number of benzene rings is 1. The number of pyridine rings is 1. The lowest BCUT2D eigenvalue weighted by atomic mass is 9.94. The van der Waals surface area contributed by atoms with Crippen LogP contribution in [-0.4, -0.2) is 4.98 Å². The minimum Gasteiger partial charge on any atom is -0.255 e. The number of hydrogen-bond donors (Lipinski definition) is 0. The van der Waals surface area contributed by atoms with Crippen LogP contribution in [0.15, 0.2) is 48.0 Å². The molecule has 4 rings (SSSR count). The van der Waals surface area contributed by atoms with Crippen molar-refractivity contribution in [3.05, 3.63) is 53.5 Å². The highest BCUT2D eigenvalue weighted by molar-refractivity contribution is 7.13. The lowest BCUT2D eigenvalue weighted by Crippen LogP contribution is -2.03. The van der Waals surface area contributed by atoms with E-state index in [2.05, 4.69) is 60.6 Å². The Morgan fingerprint density at radius 1 is 1.20 bits per heavy atom. The standard InChI is InChI=1S/C18H17NS/c1-12-11-18(12,2)15-8-10-20-17(15)16-14-6-4-3-5-13(14)7-9-19-16/h3-10,12H,11H2,1-2H3. The second-order valence-electron chi connectivity index (χ2n) is 6.07. The van der Waals surface area contributed by atoms with E-state index in [9.17, 15) is 0 Å². The van der Waals surface area contributed by atoms with Crippen molar-refractivity contribution < 1.29 is 0 Å². The van der Waals surface area contributed by atoms with Gasteiger partial charge in [-0.05, 0) is 46.2 Å². The summed E-state index contributed by atoms with van der Waals surface area (Å²) in [5.74, 6) is 0.783. The number of rotatable bonds is 2. The predicted octanol–water partition coefficient (Wildman–Crippen LogP) is 5.26. The fourth-order valence-electron chi connectivity index (χ4n) is 3.20. The molecule has 0 N–H and O–H groups in total. The van der Waals surface area contributed by atoms with Crippen LogP contribution in [-0.2, 0) is 5.41 Å². The normalized spacial score (nSPS) is 25.0. The summed E-state index contributed by atoms with van der Waals surface area (Å²) in [6.45, 7) is 4.73. The van der Waals surface area contributed by atoms with Crippen molar-refractivity contribution in [1.29, 1.82) is 0 Å². The smallest absolute Gasteiger partial charge is 0.0882 e. The number of hydrogen-bond acceptors (Lipinski definition) is 2. The third-order valence-electron chi connectivity index (χ3n) is 4.83. The summed E-state index contributed by atoms with van der Waals surface area (Å²) in [6.07, 6.45) is 3.22. The van der Waals surface area contributed by atoms with Crippen LogP contribution in [0.4, 0.5) is 0 Å². The Bertz CT molecular complexity index is 783. The van der Waals surface area contributed by atoms with Crippen LogP contribution in [0.5, 0.6) is 0 Å². The Kier molecular flexibility index (Phi) is 2.52. The van der Waals surface area contributed by atoms with Gasteiger partial charge < -0.3 is 0 Å². The molecular formula is C18H17NS. The summed E-state index contributed by atoms with van der Waals surface area (Å²) in [4.78, 5) is 6.04. The summed E-state index contributed by atoms with van der Waals surface area (Å²) >= 11 is 1.82. The molecule has 1 aromatic carbocycles. The Morgan fingerprint density at radius 3 is 2.80 bits per heavy atom. The summed E-state index contributed by atoms with van der Waals surface area (Å²) < 4.78 is 0. The molecule has 2 heterocycles. The third kappa shape index (κ3) is 1.64. The maximum Gasteiger partial charge on any atom is 0.0882 e. The van der Waals surface area contributed by atoms with Crippen LogP contribution >= 0.6 is 11.3 Å². The van der Waals surface area contributed by atoms with E-state index in [0.29, 0.717) is 5.41 Å². The first-order valence-electron chi connectivity index (χ1n) is 7.12. The van der Waals surface area contributed by atoms with Crippen molar-refractivity contribution in [2.75, 3.05) is 0 Å². The quantitative estimate of drug-likeness (QED) is 0.623. The Labute approximate surface area is 123 Å². The van der Waals surface area contributed by atoms with E-state index in [1.807, 2.05) is 17.5 Å². The highest BCUT2D eigenvalue weighted by atomic mass is 32.1. The molecule has 0 saturated heterocycles. The van der Waals surface area contributed by atoms with Crippen molar-refractivity contribution in [3.63, 3.8) is 0 Å². The largest absolute Gasteiger partial charge is 0.255 e. The van der Waals surface area contributed by atoms with Crippen molar-refractivity contribution >= 4 is 22.1 Å². The Hall–Kier alpha value is -1.67. The SMILES string of the molecule is CC1CC1(C)c1ccsc1-c1nccc2ccccc12. The van der Waals surface area contributed by atoms with E-state index in [-0.39, 0.29) is 0 Å². The van der Waals surface area contributed by atoms with E-state index < -0.39 is 0 Å². The molecule has 2 heteroatoms. The molecule has 2 unspecified atom stereocenters. The van der Waals surface area contributed by atoms with E-state index in [1.54, 1.807) is 0 Å². The molecule has 1 aliphatic carbocycles.